The standard InChI is InChI=1S/C14H27N3O/c1-5-14(4)13(18)17(11(3)15-14)10-9-16(6-2)12-7-8-12/h11-12,15H,5-10H2,1-4H3. The van der Waals surface area contributed by atoms with Crippen LogP contribution in [0.5, 0.6) is 0 Å². The van der Waals surface area contributed by atoms with Crippen LogP contribution in [-0.2, 0) is 4.79 Å². The van der Waals surface area contributed by atoms with Crippen molar-refractivity contribution in [2.75, 3.05) is 19.6 Å². The Balaban J connectivity index is 1.90. The number of likely N-dealkylation sites (N-methyl/N-ethyl adjacent to an activating group) is 1. The quantitative estimate of drug-likeness (QED) is 0.777. The third-order valence-electron chi connectivity index (χ3n) is 4.53. The van der Waals surface area contributed by atoms with Crippen molar-refractivity contribution < 1.29 is 4.79 Å². The normalized spacial score (nSPS) is 32.6. The van der Waals surface area contributed by atoms with Gasteiger partial charge in [-0.2, -0.15) is 0 Å². The second kappa shape index (κ2) is 5.17. The number of rotatable bonds is 6. The topological polar surface area (TPSA) is 35.6 Å². The number of carbonyl (C=O) groups is 1. The van der Waals surface area contributed by atoms with Crippen LogP contribution in [0.1, 0.15) is 47.0 Å². The van der Waals surface area contributed by atoms with Crippen molar-refractivity contribution in [3.63, 3.8) is 0 Å². The lowest BCUT2D eigenvalue weighted by Crippen LogP contribution is -2.44. The van der Waals surface area contributed by atoms with E-state index >= 15 is 0 Å². The van der Waals surface area contributed by atoms with E-state index in [0.29, 0.717) is 0 Å². The van der Waals surface area contributed by atoms with Gasteiger partial charge in [0.1, 0.15) is 0 Å². The summed E-state index contributed by atoms with van der Waals surface area (Å²) < 4.78 is 0. The molecule has 0 aromatic heterocycles. The molecule has 2 aliphatic rings. The predicted octanol–water partition coefficient (Wildman–Crippen LogP) is 1.42. The molecule has 1 saturated carbocycles. The number of amides is 1. The Kier molecular flexibility index (Phi) is 3.97. The fraction of sp³-hybridized carbons (Fsp3) is 0.929. The van der Waals surface area contributed by atoms with Crippen LogP contribution >= 0.6 is 0 Å². The van der Waals surface area contributed by atoms with Crippen LogP contribution in [0.15, 0.2) is 0 Å². The van der Waals surface area contributed by atoms with Crippen LogP contribution in [0.4, 0.5) is 0 Å². The highest BCUT2D eigenvalue weighted by Gasteiger charge is 2.44. The van der Waals surface area contributed by atoms with Gasteiger partial charge >= 0.3 is 0 Å². The number of carbonyl (C=O) groups excluding carboxylic acids is 1. The van der Waals surface area contributed by atoms with Crippen molar-refractivity contribution in [3.8, 4) is 0 Å². The average molecular weight is 253 g/mol. The van der Waals surface area contributed by atoms with E-state index < -0.39 is 0 Å². The maximum atomic E-state index is 12.4. The van der Waals surface area contributed by atoms with Gasteiger partial charge in [-0.3, -0.25) is 15.0 Å². The lowest BCUT2D eigenvalue weighted by molar-refractivity contribution is -0.133. The van der Waals surface area contributed by atoms with Crippen LogP contribution in [0.25, 0.3) is 0 Å². The van der Waals surface area contributed by atoms with E-state index in [1.807, 2.05) is 11.8 Å². The maximum absolute atomic E-state index is 12.4. The monoisotopic (exact) mass is 253 g/mol. The molecule has 1 N–H and O–H groups in total. The van der Waals surface area contributed by atoms with Gasteiger partial charge in [0.15, 0.2) is 0 Å². The van der Waals surface area contributed by atoms with Crippen LogP contribution in [-0.4, -0.2) is 53.1 Å². The lowest BCUT2D eigenvalue weighted by atomic mass is 9.99. The number of hydrogen-bond donors (Lipinski definition) is 1. The molecule has 104 valence electrons. The summed E-state index contributed by atoms with van der Waals surface area (Å²) in [4.78, 5) is 16.9. The molecule has 4 nitrogen and oxygen atoms in total. The molecule has 1 aliphatic heterocycles. The highest BCUT2D eigenvalue weighted by Crippen LogP contribution is 2.27. The summed E-state index contributed by atoms with van der Waals surface area (Å²) in [7, 11) is 0. The molecule has 2 unspecified atom stereocenters. The van der Waals surface area contributed by atoms with Crippen molar-refractivity contribution in [2.45, 2.75) is 64.7 Å². The Morgan fingerprint density at radius 3 is 2.56 bits per heavy atom. The molecule has 18 heavy (non-hydrogen) atoms. The molecule has 0 radical (unpaired) electrons. The molecule has 0 aromatic carbocycles. The first-order valence-corrected chi connectivity index (χ1v) is 7.34. The SMILES string of the molecule is CCN(CCN1C(=O)C(C)(CC)NC1C)C1CC1. The molecule has 2 atom stereocenters. The first-order valence-electron chi connectivity index (χ1n) is 7.34. The van der Waals surface area contributed by atoms with E-state index in [4.69, 9.17) is 0 Å². The maximum Gasteiger partial charge on any atom is 0.243 e. The van der Waals surface area contributed by atoms with Gasteiger partial charge in [0, 0.05) is 19.1 Å². The first kappa shape index (κ1) is 13.8. The van der Waals surface area contributed by atoms with Crippen LogP contribution in [0, 0.1) is 0 Å². The fourth-order valence-electron chi connectivity index (χ4n) is 2.92. The minimum atomic E-state index is -0.351. The number of nitrogens with one attached hydrogen (secondary N) is 1. The molecule has 2 fully saturated rings. The minimum absolute atomic E-state index is 0.167. The molecule has 1 aliphatic carbocycles. The summed E-state index contributed by atoms with van der Waals surface area (Å²) in [6.45, 7) is 11.4. The van der Waals surface area contributed by atoms with Crippen LogP contribution in [0.2, 0.25) is 0 Å². The van der Waals surface area contributed by atoms with Gasteiger partial charge in [0.2, 0.25) is 5.91 Å². The summed E-state index contributed by atoms with van der Waals surface area (Å²) >= 11 is 0. The van der Waals surface area contributed by atoms with E-state index in [0.717, 1.165) is 32.1 Å². The molecule has 2 rings (SSSR count). The van der Waals surface area contributed by atoms with Gasteiger partial charge in [0.05, 0.1) is 11.7 Å². The molecular weight excluding hydrogens is 226 g/mol. The highest BCUT2D eigenvalue weighted by atomic mass is 16.2. The van der Waals surface area contributed by atoms with E-state index in [2.05, 4.69) is 31.0 Å². The van der Waals surface area contributed by atoms with Gasteiger partial charge in [-0.05, 0) is 39.7 Å². The summed E-state index contributed by atoms with van der Waals surface area (Å²) in [5.41, 5.74) is -0.351. The van der Waals surface area contributed by atoms with Gasteiger partial charge in [-0.25, -0.2) is 0 Å². The lowest BCUT2D eigenvalue weighted by Gasteiger charge is -2.26. The highest BCUT2D eigenvalue weighted by molar-refractivity contribution is 5.88. The average Bonchev–Trinajstić information content (AvgIpc) is 3.14. The zero-order chi connectivity index (χ0) is 13.3. The first-order chi connectivity index (χ1) is 8.51. The third-order valence-corrected chi connectivity index (χ3v) is 4.53. The number of nitrogens with zero attached hydrogens (tertiary/aromatic N) is 2. The molecule has 0 spiro atoms. The Morgan fingerprint density at radius 1 is 1.44 bits per heavy atom. The van der Waals surface area contributed by atoms with E-state index in [-0.39, 0.29) is 17.6 Å². The van der Waals surface area contributed by atoms with Crippen molar-refractivity contribution >= 4 is 5.91 Å². The van der Waals surface area contributed by atoms with Gasteiger partial charge in [0.25, 0.3) is 0 Å². The molecule has 0 bridgehead atoms. The molecule has 4 heteroatoms. The van der Waals surface area contributed by atoms with Crippen molar-refractivity contribution in [3.05, 3.63) is 0 Å². The van der Waals surface area contributed by atoms with Gasteiger partial charge < -0.3 is 4.90 Å². The Hall–Kier alpha value is -0.610. The largest absolute Gasteiger partial charge is 0.325 e. The van der Waals surface area contributed by atoms with Crippen LogP contribution < -0.4 is 5.32 Å². The zero-order valence-corrected chi connectivity index (χ0v) is 12.2. The molecule has 1 heterocycles. The Labute approximate surface area is 111 Å². The second-order valence-electron chi connectivity index (χ2n) is 5.86. The summed E-state index contributed by atoms with van der Waals surface area (Å²) in [6.07, 6.45) is 3.69. The van der Waals surface area contributed by atoms with E-state index in [1.54, 1.807) is 0 Å². The third kappa shape index (κ3) is 2.54. The van der Waals surface area contributed by atoms with E-state index in [1.165, 1.54) is 12.8 Å². The summed E-state index contributed by atoms with van der Waals surface area (Å²) in [6, 6.07) is 0.786. The second-order valence-corrected chi connectivity index (χ2v) is 5.86. The molecule has 0 aromatic rings. The number of hydrogen-bond acceptors (Lipinski definition) is 3. The molecule has 1 amide bonds. The minimum Gasteiger partial charge on any atom is -0.325 e. The zero-order valence-electron chi connectivity index (χ0n) is 12.2. The van der Waals surface area contributed by atoms with Crippen molar-refractivity contribution in [1.82, 2.24) is 15.1 Å². The van der Waals surface area contributed by atoms with E-state index in [9.17, 15) is 4.79 Å². The predicted molar refractivity (Wildman–Crippen MR) is 73.3 cm³/mol. The Morgan fingerprint density at radius 2 is 2.11 bits per heavy atom. The fourth-order valence-corrected chi connectivity index (χ4v) is 2.92. The van der Waals surface area contributed by atoms with Gasteiger partial charge in [-0.15, -0.1) is 0 Å². The summed E-state index contributed by atoms with van der Waals surface area (Å²) in [5, 5.41) is 3.42. The molecule has 1 saturated heterocycles. The van der Waals surface area contributed by atoms with Gasteiger partial charge in [-0.1, -0.05) is 13.8 Å². The van der Waals surface area contributed by atoms with Crippen molar-refractivity contribution in [1.29, 1.82) is 0 Å². The summed E-state index contributed by atoms with van der Waals surface area (Å²) in [5.74, 6) is 0.268. The van der Waals surface area contributed by atoms with Crippen LogP contribution in [0.3, 0.4) is 0 Å². The smallest absolute Gasteiger partial charge is 0.243 e. The molecular formula is C14H27N3O. The van der Waals surface area contributed by atoms with Crippen molar-refractivity contribution in [2.24, 2.45) is 0 Å². The Bertz CT molecular complexity index is 316.